The van der Waals surface area contributed by atoms with Gasteiger partial charge in [0, 0.05) is 24.8 Å². The van der Waals surface area contributed by atoms with Crippen LogP contribution in [0.1, 0.15) is 50.4 Å². The van der Waals surface area contributed by atoms with E-state index in [9.17, 15) is 4.79 Å². The number of ether oxygens (including phenoxy) is 3. The Morgan fingerprint density at radius 3 is 2.34 bits per heavy atom. The number of hydrogen-bond donors (Lipinski definition) is 0. The van der Waals surface area contributed by atoms with Crippen molar-refractivity contribution in [3.8, 4) is 5.75 Å². The van der Waals surface area contributed by atoms with E-state index in [2.05, 4.69) is 6.92 Å². The van der Waals surface area contributed by atoms with Crippen molar-refractivity contribution < 1.29 is 18.6 Å². The molecule has 0 unspecified atom stereocenters. The first kappa shape index (κ1) is 21.1. The zero-order valence-electron chi connectivity index (χ0n) is 17.3. The minimum atomic E-state index is -0.703. The fraction of sp³-hybridized carbons (Fsp3) is 0.375. The predicted octanol–water partition coefficient (Wildman–Crippen LogP) is 5.40. The third kappa shape index (κ3) is 5.05. The minimum absolute atomic E-state index is 0.113. The first-order chi connectivity index (χ1) is 14.2. The van der Waals surface area contributed by atoms with Crippen molar-refractivity contribution in [2.75, 3.05) is 13.2 Å². The number of benzene rings is 2. The van der Waals surface area contributed by atoms with Gasteiger partial charge in [-0.3, -0.25) is 4.79 Å². The summed E-state index contributed by atoms with van der Waals surface area (Å²) in [6, 6.07) is 15.1. The van der Waals surface area contributed by atoms with Gasteiger partial charge in [0.1, 0.15) is 17.9 Å². The molecule has 3 rings (SSSR count). The average Bonchev–Trinajstić information content (AvgIpc) is 2.74. The Kier molecular flexibility index (Phi) is 7.44. The van der Waals surface area contributed by atoms with Crippen LogP contribution in [0.25, 0.3) is 11.0 Å². The third-order valence-corrected chi connectivity index (χ3v) is 4.58. The molecule has 0 fully saturated rings. The lowest BCUT2D eigenvalue weighted by atomic mass is 10.0. The van der Waals surface area contributed by atoms with Crippen LogP contribution in [0.2, 0.25) is 0 Å². The summed E-state index contributed by atoms with van der Waals surface area (Å²) in [6.07, 6.45) is 0.933. The van der Waals surface area contributed by atoms with Gasteiger partial charge in [0.2, 0.25) is 6.29 Å². The Labute approximate surface area is 171 Å². The molecular formula is C24H28O5. The molecule has 0 amide bonds. The number of hydrogen-bond acceptors (Lipinski definition) is 5. The predicted molar refractivity (Wildman–Crippen MR) is 113 cm³/mol. The summed E-state index contributed by atoms with van der Waals surface area (Å²) >= 11 is 0. The lowest BCUT2D eigenvalue weighted by molar-refractivity contribution is -0.150. The number of fused-ring (bicyclic) bond motifs is 1. The zero-order chi connectivity index (χ0) is 20.6. The fourth-order valence-corrected chi connectivity index (χ4v) is 3.26. The van der Waals surface area contributed by atoms with Gasteiger partial charge in [0.15, 0.2) is 11.2 Å². The Morgan fingerprint density at radius 2 is 1.69 bits per heavy atom. The molecule has 0 aliphatic carbocycles. The molecule has 29 heavy (non-hydrogen) atoms. The van der Waals surface area contributed by atoms with Crippen molar-refractivity contribution in [2.45, 2.75) is 46.5 Å². The van der Waals surface area contributed by atoms with Gasteiger partial charge >= 0.3 is 0 Å². The fourth-order valence-electron chi connectivity index (χ4n) is 3.26. The molecule has 5 heteroatoms. The quantitative estimate of drug-likeness (QED) is 0.430. The molecular weight excluding hydrogens is 368 g/mol. The van der Waals surface area contributed by atoms with E-state index in [1.807, 2.05) is 50.2 Å². The zero-order valence-corrected chi connectivity index (χ0v) is 17.3. The summed E-state index contributed by atoms with van der Waals surface area (Å²) in [5, 5.41) is 0.538. The normalized spacial score (nSPS) is 11.3. The molecule has 0 N–H and O–H groups in total. The van der Waals surface area contributed by atoms with Gasteiger partial charge < -0.3 is 18.6 Å². The average molecular weight is 396 g/mol. The third-order valence-electron chi connectivity index (χ3n) is 4.58. The highest BCUT2D eigenvalue weighted by Crippen LogP contribution is 2.31. The van der Waals surface area contributed by atoms with E-state index in [4.69, 9.17) is 18.6 Å². The van der Waals surface area contributed by atoms with Crippen molar-refractivity contribution >= 4 is 11.0 Å². The molecule has 0 aliphatic rings. The van der Waals surface area contributed by atoms with Gasteiger partial charge in [0.25, 0.3) is 0 Å². The molecule has 2 aromatic carbocycles. The molecule has 0 bridgehead atoms. The molecule has 1 aromatic heterocycles. The number of aryl methyl sites for hydroxylation is 1. The van der Waals surface area contributed by atoms with E-state index >= 15 is 0 Å². The topological polar surface area (TPSA) is 57.9 Å². The Morgan fingerprint density at radius 1 is 0.966 bits per heavy atom. The van der Waals surface area contributed by atoms with Crippen LogP contribution in [0.15, 0.2) is 57.7 Å². The van der Waals surface area contributed by atoms with Gasteiger partial charge in [-0.1, -0.05) is 43.7 Å². The molecule has 5 nitrogen and oxygen atoms in total. The summed E-state index contributed by atoms with van der Waals surface area (Å²) in [6.45, 7) is 7.20. The second-order valence-electron chi connectivity index (χ2n) is 6.70. The van der Waals surface area contributed by atoms with E-state index in [0.717, 1.165) is 29.7 Å². The molecule has 0 aliphatic heterocycles. The summed E-state index contributed by atoms with van der Waals surface area (Å²) in [4.78, 5) is 12.7. The maximum atomic E-state index is 12.7. The van der Waals surface area contributed by atoms with Crippen LogP contribution in [0.4, 0.5) is 0 Å². The standard InChI is InChI=1S/C24H28O5/c1-4-10-19-21(28-16-17-11-8-7-9-12-17)14-13-18-20(25)15-22(29-23(18)19)24(26-5-2)27-6-3/h7-9,11-15,24H,4-6,10,16H2,1-3H3. The Bertz CT molecular complexity index is 972. The highest BCUT2D eigenvalue weighted by atomic mass is 16.7. The SMILES string of the molecule is CCCc1c(OCc2ccccc2)ccc2c(=O)cc(C(OCC)OCC)oc12. The van der Waals surface area contributed by atoms with E-state index in [1.54, 1.807) is 6.07 Å². The Hall–Kier alpha value is -2.63. The van der Waals surface area contributed by atoms with E-state index in [-0.39, 0.29) is 5.43 Å². The van der Waals surface area contributed by atoms with Crippen molar-refractivity contribution in [2.24, 2.45) is 0 Å². The smallest absolute Gasteiger partial charge is 0.217 e. The summed E-state index contributed by atoms with van der Waals surface area (Å²) in [7, 11) is 0. The van der Waals surface area contributed by atoms with Crippen molar-refractivity contribution in [1.29, 1.82) is 0 Å². The first-order valence-corrected chi connectivity index (χ1v) is 10.2. The molecule has 0 saturated carbocycles. The van der Waals surface area contributed by atoms with Gasteiger partial charge in [-0.15, -0.1) is 0 Å². The van der Waals surface area contributed by atoms with Crippen LogP contribution < -0.4 is 10.2 Å². The van der Waals surface area contributed by atoms with Crippen LogP contribution in [-0.4, -0.2) is 13.2 Å². The highest BCUT2D eigenvalue weighted by Gasteiger charge is 2.20. The van der Waals surface area contributed by atoms with Gasteiger partial charge in [0.05, 0.1) is 5.39 Å². The second kappa shape index (κ2) is 10.2. The van der Waals surface area contributed by atoms with Crippen LogP contribution in [0, 0.1) is 0 Å². The van der Waals surface area contributed by atoms with Crippen LogP contribution >= 0.6 is 0 Å². The van der Waals surface area contributed by atoms with Crippen LogP contribution in [0.3, 0.4) is 0 Å². The molecule has 0 spiro atoms. The highest BCUT2D eigenvalue weighted by molar-refractivity contribution is 5.82. The Balaban J connectivity index is 2.04. The first-order valence-electron chi connectivity index (χ1n) is 10.2. The van der Waals surface area contributed by atoms with Crippen molar-refractivity contribution in [3.05, 3.63) is 75.6 Å². The largest absolute Gasteiger partial charge is 0.488 e. The van der Waals surface area contributed by atoms with E-state index in [0.29, 0.717) is 36.6 Å². The van der Waals surface area contributed by atoms with Gasteiger partial charge in [-0.25, -0.2) is 0 Å². The molecule has 0 atom stereocenters. The summed E-state index contributed by atoms with van der Waals surface area (Å²) in [5.74, 6) is 1.11. The molecule has 0 radical (unpaired) electrons. The number of rotatable bonds is 10. The minimum Gasteiger partial charge on any atom is -0.488 e. The van der Waals surface area contributed by atoms with Crippen molar-refractivity contribution in [1.82, 2.24) is 0 Å². The lowest BCUT2D eigenvalue weighted by Crippen LogP contribution is -2.13. The van der Waals surface area contributed by atoms with Crippen LogP contribution in [0.5, 0.6) is 5.75 Å². The molecule has 0 saturated heterocycles. The molecule has 154 valence electrons. The maximum absolute atomic E-state index is 12.7. The van der Waals surface area contributed by atoms with E-state index in [1.165, 1.54) is 6.07 Å². The van der Waals surface area contributed by atoms with Gasteiger partial charge in [-0.05, 0) is 38.0 Å². The second-order valence-corrected chi connectivity index (χ2v) is 6.70. The van der Waals surface area contributed by atoms with E-state index < -0.39 is 6.29 Å². The molecule has 3 aromatic rings. The summed E-state index contributed by atoms with van der Waals surface area (Å²) < 4.78 is 23.5. The van der Waals surface area contributed by atoms with Crippen molar-refractivity contribution in [3.63, 3.8) is 0 Å². The monoisotopic (exact) mass is 396 g/mol. The lowest BCUT2D eigenvalue weighted by Gasteiger charge is -2.18. The van der Waals surface area contributed by atoms with Crippen LogP contribution in [-0.2, 0) is 22.5 Å². The molecule has 1 heterocycles. The summed E-state index contributed by atoms with van der Waals surface area (Å²) in [5.41, 5.74) is 2.41. The maximum Gasteiger partial charge on any atom is 0.217 e. The van der Waals surface area contributed by atoms with Gasteiger partial charge in [-0.2, -0.15) is 0 Å².